The highest BCUT2D eigenvalue weighted by Crippen LogP contribution is 2.15. The number of sulfonamides is 1. The Morgan fingerprint density at radius 2 is 2.06 bits per heavy atom. The lowest BCUT2D eigenvalue weighted by molar-refractivity contribution is 0.200. The van der Waals surface area contributed by atoms with Crippen LogP contribution in [-0.2, 0) is 10.0 Å². The zero-order chi connectivity index (χ0) is 11.6. The van der Waals surface area contributed by atoms with E-state index in [1.165, 1.54) is 6.20 Å². The number of nitrogens with zero attached hydrogens (tertiary/aromatic N) is 2. The molecule has 2 heterocycles. The van der Waals surface area contributed by atoms with Gasteiger partial charge in [-0.1, -0.05) is 6.42 Å². The average Bonchev–Trinajstić information content (AvgIpc) is 2.66. The van der Waals surface area contributed by atoms with Crippen LogP contribution in [0.1, 0.15) is 19.3 Å². The van der Waals surface area contributed by atoms with E-state index in [0.29, 0.717) is 0 Å². The van der Waals surface area contributed by atoms with Gasteiger partial charge in [-0.05, 0) is 12.8 Å². The number of nitrogens with one attached hydrogen (secondary N) is 2. The summed E-state index contributed by atoms with van der Waals surface area (Å²) in [6.07, 6.45) is 4.36. The molecule has 0 amide bonds. The molecule has 1 aliphatic rings. The van der Waals surface area contributed by atoms with Gasteiger partial charge in [0.25, 0.3) is 10.0 Å². The molecule has 7 nitrogen and oxygen atoms in total. The van der Waals surface area contributed by atoms with E-state index in [4.69, 9.17) is 5.73 Å². The third kappa shape index (κ3) is 2.34. The summed E-state index contributed by atoms with van der Waals surface area (Å²) in [6, 6.07) is 0. The molecule has 8 heteroatoms. The molecule has 0 atom stereocenters. The number of aromatic amines is 1. The van der Waals surface area contributed by atoms with E-state index in [-0.39, 0.29) is 10.7 Å². The van der Waals surface area contributed by atoms with Crippen molar-refractivity contribution in [1.29, 1.82) is 0 Å². The van der Waals surface area contributed by atoms with Crippen LogP contribution >= 0.6 is 0 Å². The number of rotatable bonds is 3. The van der Waals surface area contributed by atoms with Crippen LogP contribution in [0.15, 0.2) is 11.1 Å². The van der Waals surface area contributed by atoms with E-state index in [1.54, 1.807) is 5.01 Å². The molecule has 4 N–H and O–H groups in total. The van der Waals surface area contributed by atoms with Gasteiger partial charge in [0.15, 0.2) is 0 Å². The van der Waals surface area contributed by atoms with Crippen LogP contribution in [0.5, 0.6) is 0 Å². The number of aromatic nitrogens is 2. The molecule has 0 saturated carbocycles. The smallest absolute Gasteiger partial charge is 0.258 e. The summed E-state index contributed by atoms with van der Waals surface area (Å²) >= 11 is 0. The zero-order valence-corrected chi connectivity index (χ0v) is 9.63. The molecule has 2 rings (SSSR count). The van der Waals surface area contributed by atoms with Crippen LogP contribution in [0, 0.1) is 0 Å². The summed E-state index contributed by atoms with van der Waals surface area (Å²) in [5.74, 6) is 0.0597. The molecule has 0 aliphatic carbocycles. The highest BCUT2D eigenvalue weighted by Gasteiger charge is 2.23. The van der Waals surface area contributed by atoms with Crippen molar-refractivity contribution < 1.29 is 8.42 Å². The van der Waals surface area contributed by atoms with Crippen molar-refractivity contribution in [2.24, 2.45) is 0 Å². The maximum atomic E-state index is 11.9. The zero-order valence-electron chi connectivity index (χ0n) is 8.81. The predicted molar refractivity (Wildman–Crippen MR) is 58.7 cm³/mol. The van der Waals surface area contributed by atoms with Gasteiger partial charge in [-0.2, -0.15) is 5.10 Å². The summed E-state index contributed by atoms with van der Waals surface area (Å²) in [5, 5.41) is 7.70. The quantitative estimate of drug-likeness (QED) is 0.676. The Bertz CT molecular complexity index is 449. The van der Waals surface area contributed by atoms with E-state index >= 15 is 0 Å². The number of hydrogen-bond acceptors (Lipinski definition) is 5. The summed E-state index contributed by atoms with van der Waals surface area (Å²) in [5.41, 5.74) is 5.48. The predicted octanol–water partition coefficient (Wildman–Crippen LogP) is -0.329. The Hall–Kier alpha value is -1.12. The van der Waals surface area contributed by atoms with E-state index in [9.17, 15) is 8.42 Å². The van der Waals surface area contributed by atoms with Gasteiger partial charge in [0.1, 0.15) is 10.7 Å². The molecular formula is C8H15N5O2S. The minimum absolute atomic E-state index is 0.00178. The van der Waals surface area contributed by atoms with Crippen molar-refractivity contribution in [2.45, 2.75) is 24.2 Å². The first-order valence-corrected chi connectivity index (χ1v) is 6.64. The molecule has 0 spiro atoms. The maximum Gasteiger partial charge on any atom is 0.258 e. The Labute approximate surface area is 94.0 Å². The molecule has 1 aromatic rings. The fourth-order valence-electron chi connectivity index (χ4n) is 1.70. The summed E-state index contributed by atoms with van der Waals surface area (Å²) in [6.45, 7) is 1.47. The normalized spacial score (nSPS) is 18.8. The van der Waals surface area contributed by atoms with Gasteiger partial charge >= 0.3 is 0 Å². The molecule has 1 aliphatic heterocycles. The van der Waals surface area contributed by atoms with E-state index in [1.807, 2.05) is 0 Å². The first kappa shape index (κ1) is 11.4. The highest BCUT2D eigenvalue weighted by molar-refractivity contribution is 7.89. The van der Waals surface area contributed by atoms with Crippen LogP contribution in [0.3, 0.4) is 0 Å². The maximum absolute atomic E-state index is 11.9. The number of piperidine rings is 1. The number of anilines is 1. The Balaban J connectivity index is 2.11. The fourth-order valence-corrected chi connectivity index (χ4v) is 2.85. The van der Waals surface area contributed by atoms with Crippen molar-refractivity contribution in [2.75, 3.05) is 18.8 Å². The van der Waals surface area contributed by atoms with Crippen molar-refractivity contribution >= 4 is 15.8 Å². The third-order valence-electron chi connectivity index (χ3n) is 2.53. The molecule has 1 aromatic heterocycles. The number of nitrogen functional groups attached to an aromatic ring is 1. The first-order chi connectivity index (χ1) is 7.59. The van der Waals surface area contributed by atoms with E-state index in [2.05, 4.69) is 15.0 Å². The van der Waals surface area contributed by atoms with Crippen molar-refractivity contribution in [3.63, 3.8) is 0 Å². The second kappa shape index (κ2) is 4.40. The summed E-state index contributed by atoms with van der Waals surface area (Å²) in [7, 11) is -3.59. The first-order valence-electron chi connectivity index (χ1n) is 5.16. The lowest BCUT2D eigenvalue weighted by atomic mass is 10.2. The number of hydrogen-bond donors (Lipinski definition) is 3. The van der Waals surface area contributed by atoms with Gasteiger partial charge in [0.05, 0.1) is 6.20 Å². The van der Waals surface area contributed by atoms with Crippen molar-refractivity contribution in [3.8, 4) is 0 Å². The standard InChI is InChI=1S/C8H15N5O2S/c9-8-7(6-10-11-8)16(14,15)12-13-4-2-1-3-5-13/h6,12H,1-5H2,(H3,9,10,11). The van der Waals surface area contributed by atoms with Gasteiger partial charge < -0.3 is 5.73 Å². The largest absolute Gasteiger partial charge is 0.383 e. The summed E-state index contributed by atoms with van der Waals surface area (Å²) in [4.78, 5) is 2.50. The number of H-pyrrole nitrogens is 1. The Morgan fingerprint density at radius 1 is 1.38 bits per heavy atom. The average molecular weight is 245 g/mol. The summed E-state index contributed by atoms with van der Waals surface area (Å²) < 4.78 is 23.8. The molecule has 1 fully saturated rings. The van der Waals surface area contributed by atoms with Crippen LogP contribution in [0.2, 0.25) is 0 Å². The molecule has 1 saturated heterocycles. The minimum Gasteiger partial charge on any atom is -0.383 e. The molecule has 0 bridgehead atoms. The van der Waals surface area contributed by atoms with Gasteiger partial charge in [0, 0.05) is 13.1 Å². The third-order valence-corrected chi connectivity index (χ3v) is 3.93. The van der Waals surface area contributed by atoms with Crippen molar-refractivity contribution in [1.82, 2.24) is 20.0 Å². The molecular weight excluding hydrogens is 230 g/mol. The monoisotopic (exact) mass is 245 g/mol. The molecule has 0 aromatic carbocycles. The minimum atomic E-state index is -3.59. The highest BCUT2D eigenvalue weighted by atomic mass is 32.2. The van der Waals surface area contributed by atoms with Gasteiger partial charge in [-0.15, -0.1) is 4.83 Å². The van der Waals surface area contributed by atoms with Gasteiger partial charge in [-0.3, -0.25) is 5.10 Å². The van der Waals surface area contributed by atoms with Crippen LogP contribution in [0.25, 0.3) is 0 Å². The number of nitrogens with two attached hydrogens (primary N) is 1. The molecule has 0 radical (unpaired) electrons. The molecule has 16 heavy (non-hydrogen) atoms. The van der Waals surface area contributed by atoms with E-state index in [0.717, 1.165) is 32.4 Å². The van der Waals surface area contributed by atoms with Crippen molar-refractivity contribution in [3.05, 3.63) is 6.20 Å². The fraction of sp³-hybridized carbons (Fsp3) is 0.625. The van der Waals surface area contributed by atoms with Gasteiger partial charge in [-0.25, -0.2) is 13.4 Å². The van der Waals surface area contributed by atoms with E-state index < -0.39 is 10.0 Å². The van der Waals surface area contributed by atoms with Crippen LogP contribution < -0.4 is 10.6 Å². The topological polar surface area (TPSA) is 104 Å². The SMILES string of the molecule is Nc1[nH]ncc1S(=O)(=O)NN1CCCCC1. The van der Waals surface area contributed by atoms with Gasteiger partial charge in [0.2, 0.25) is 0 Å². The van der Waals surface area contributed by atoms with Crippen LogP contribution in [0.4, 0.5) is 5.82 Å². The second-order valence-corrected chi connectivity index (χ2v) is 5.42. The van der Waals surface area contributed by atoms with Crippen LogP contribution in [-0.4, -0.2) is 36.7 Å². The Kier molecular flexibility index (Phi) is 3.13. The lowest BCUT2D eigenvalue weighted by Crippen LogP contribution is -2.44. The Morgan fingerprint density at radius 3 is 2.62 bits per heavy atom. The lowest BCUT2D eigenvalue weighted by Gasteiger charge is -2.26. The molecule has 0 unspecified atom stereocenters. The number of hydrazine groups is 1. The second-order valence-electron chi connectivity index (χ2n) is 3.79. The molecule has 90 valence electrons.